The zero-order chi connectivity index (χ0) is 26.2. The molecule has 1 aliphatic rings. The van der Waals surface area contributed by atoms with Crippen molar-refractivity contribution >= 4 is 28.4 Å². The summed E-state index contributed by atoms with van der Waals surface area (Å²) in [6.07, 6.45) is 0. The first-order valence-electron chi connectivity index (χ1n) is 13.4. The molecule has 6 aromatic rings. The quantitative estimate of drug-likeness (QED) is 0.237. The van der Waals surface area contributed by atoms with Crippen molar-refractivity contribution in [2.75, 3.05) is 16.8 Å². The van der Waals surface area contributed by atoms with E-state index in [1.807, 2.05) is 0 Å². The van der Waals surface area contributed by atoms with E-state index in [4.69, 9.17) is 0 Å². The molecule has 1 aliphatic heterocycles. The summed E-state index contributed by atoms with van der Waals surface area (Å²) in [7, 11) is 2.14. The molecule has 0 atom stereocenters. The highest BCUT2D eigenvalue weighted by Gasteiger charge is 2.26. The molecular formula is C37H28N2. The van der Waals surface area contributed by atoms with Crippen molar-refractivity contribution < 1.29 is 0 Å². The van der Waals surface area contributed by atoms with Gasteiger partial charge in [-0.1, -0.05) is 103 Å². The monoisotopic (exact) mass is 500 g/mol. The van der Waals surface area contributed by atoms with Crippen LogP contribution in [-0.4, -0.2) is 7.05 Å². The van der Waals surface area contributed by atoms with Crippen LogP contribution in [0, 0.1) is 0 Å². The van der Waals surface area contributed by atoms with Gasteiger partial charge in [-0.2, -0.15) is 0 Å². The van der Waals surface area contributed by atoms with Crippen LogP contribution in [-0.2, 0) is 0 Å². The van der Waals surface area contributed by atoms with Gasteiger partial charge in [-0.15, -0.1) is 0 Å². The molecule has 0 saturated heterocycles. The standard InChI is InChI=1S/C37H28N2/c1-38(29-22-20-28(21-23-29)27-12-4-2-5-13-27)31-24-25-37-35(26-31)33-17-9-8-16-32(33)34-18-10-11-19-36(34)39(37)30-14-6-3-7-15-30/h2-26H,1H3. The SMILES string of the molecule is CN(c1ccc(-c2ccccc2)cc1)c1ccc2c(c1)-c1ccccc1-c1ccccc1N2c1ccccc1. The maximum atomic E-state index is 2.39. The summed E-state index contributed by atoms with van der Waals surface area (Å²) in [5, 5.41) is 0. The Balaban J connectivity index is 1.36. The Morgan fingerprint density at radius 3 is 1.64 bits per heavy atom. The van der Waals surface area contributed by atoms with Crippen LogP contribution < -0.4 is 9.80 Å². The highest BCUT2D eigenvalue weighted by molar-refractivity contribution is 6.03. The summed E-state index contributed by atoms with van der Waals surface area (Å²) in [5.41, 5.74) is 13.2. The molecule has 39 heavy (non-hydrogen) atoms. The lowest BCUT2D eigenvalue weighted by atomic mass is 9.94. The van der Waals surface area contributed by atoms with Crippen molar-refractivity contribution in [1.29, 1.82) is 0 Å². The second-order valence-corrected chi connectivity index (χ2v) is 9.91. The van der Waals surface area contributed by atoms with E-state index in [0.29, 0.717) is 0 Å². The lowest BCUT2D eigenvalue weighted by molar-refractivity contribution is 1.20. The fourth-order valence-corrected chi connectivity index (χ4v) is 5.63. The first-order chi connectivity index (χ1) is 19.3. The molecule has 1 heterocycles. The predicted molar refractivity (Wildman–Crippen MR) is 165 cm³/mol. The summed E-state index contributed by atoms with van der Waals surface area (Å²) in [5.74, 6) is 0. The fraction of sp³-hybridized carbons (Fsp3) is 0.0270. The molecule has 0 unspecified atom stereocenters. The number of rotatable bonds is 4. The number of benzene rings is 6. The van der Waals surface area contributed by atoms with Crippen molar-refractivity contribution in [2.24, 2.45) is 0 Å². The van der Waals surface area contributed by atoms with Crippen LogP contribution in [0.1, 0.15) is 0 Å². The molecule has 0 saturated carbocycles. The van der Waals surface area contributed by atoms with E-state index in [9.17, 15) is 0 Å². The van der Waals surface area contributed by atoms with Crippen molar-refractivity contribution in [1.82, 2.24) is 0 Å². The van der Waals surface area contributed by atoms with Crippen LogP contribution in [0.15, 0.2) is 152 Å². The lowest BCUT2D eigenvalue weighted by Gasteiger charge is -2.28. The first-order valence-corrected chi connectivity index (χ1v) is 13.4. The molecule has 0 bridgehead atoms. The molecule has 0 amide bonds. The van der Waals surface area contributed by atoms with Gasteiger partial charge >= 0.3 is 0 Å². The van der Waals surface area contributed by atoms with Crippen LogP contribution in [0.4, 0.5) is 28.4 Å². The van der Waals surface area contributed by atoms with E-state index in [1.54, 1.807) is 0 Å². The molecule has 2 heteroatoms. The zero-order valence-electron chi connectivity index (χ0n) is 21.8. The molecule has 7 rings (SSSR count). The Bertz CT molecular complexity index is 1760. The lowest BCUT2D eigenvalue weighted by Crippen LogP contribution is -2.12. The average molecular weight is 501 g/mol. The molecule has 0 spiro atoms. The van der Waals surface area contributed by atoms with Crippen molar-refractivity contribution in [3.8, 4) is 33.4 Å². The molecule has 0 fully saturated rings. The first kappa shape index (κ1) is 23.1. The summed E-state index contributed by atoms with van der Waals surface area (Å²) in [6, 6.07) is 54.3. The molecule has 2 nitrogen and oxygen atoms in total. The fourth-order valence-electron chi connectivity index (χ4n) is 5.63. The average Bonchev–Trinajstić information content (AvgIpc) is 3.14. The van der Waals surface area contributed by atoms with Crippen LogP contribution in [0.5, 0.6) is 0 Å². The summed E-state index contributed by atoms with van der Waals surface area (Å²) >= 11 is 0. The minimum absolute atomic E-state index is 1.15. The Kier molecular flexibility index (Phi) is 5.71. The normalized spacial score (nSPS) is 11.7. The minimum Gasteiger partial charge on any atom is -0.345 e. The van der Waals surface area contributed by atoms with Gasteiger partial charge in [-0.05, 0) is 70.8 Å². The van der Waals surface area contributed by atoms with Crippen molar-refractivity contribution in [3.63, 3.8) is 0 Å². The smallest absolute Gasteiger partial charge is 0.0542 e. The van der Waals surface area contributed by atoms with E-state index in [-0.39, 0.29) is 0 Å². The van der Waals surface area contributed by atoms with Crippen LogP contribution in [0.25, 0.3) is 33.4 Å². The number of anilines is 5. The number of fused-ring (bicyclic) bond motifs is 5. The van der Waals surface area contributed by atoms with Gasteiger partial charge in [0.15, 0.2) is 0 Å². The van der Waals surface area contributed by atoms with Gasteiger partial charge in [-0.3, -0.25) is 0 Å². The third-order valence-corrected chi connectivity index (χ3v) is 7.64. The number of nitrogens with zero attached hydrogens (tertiary/aromatic N) is 2. The van der Waals surface area contributed by atoms with E-state index in [0.717, 1.165) is 17.1 Å². The third-order valence-electron chi connectivity index (χ3n) is 7.64. The Morgan fingerprint density at radius 1 is 0.410 bits per heavy atom. The molecule has 0 aliphatic carbocycles. The Hall–Kier alpha value is -5.08. The molecule has 0 N–H and O–H groups in total. The maximum absolute atomic E-state index is 2.39. The Morgan fingerprint density at radius 2 is 0.923 bits per heavy atom. The van der Waals surface area contributed by atoms with Crippen molar-refractivity contribution in [3.05, 3.63) is 152 Å². The van der Waals surface area contributed by atoms with Crippen LogP contribution in [0.3, 0.4) is 0 Å². The van der Waals surface area contributed by atoms with E-state index >= 15 is 0 Å². The largest absolute Gasteiger partial charge is 0.345 e. The molecule has 186 valence electrons. The number of para-hydroxylation sites is 2. The number of hydrogen-bond donors (Lipinski definition) is 0. The third kappa shape index (κ3) is 4.07. The minimum atomic E-state index is 1.15. The van der Waals surface area contributed by atoms with Gasteiger partial charge in [0.05, 0.1) is 11.4 Å². The summed E-state index contributed by atoms with van der Waals surface area (Å²) in [6.45, 7) is 0. The van der Waals surface area contributed by atoms with Gasteiger partial charge in [0.1, 0.15) is 0 Å². The van der Waals surface area contributed by atoms with Gasteiger partial charge in [0.25, 0.3) is 0 Å². The Labute approximate surface area is 230 Å². The van der Waals surface area contributed by atoms with Gasteiger partial charge in [0.2, 0.25) is 0 Å². The summed E-state index contributed by atoms with van der Waals surface area (Å²) < 4.78 is 0. The number of hydrogen-bond acceptors (Lipinski definition) is 2. The molecular weight excluding hydrogens is 472 g/mol. The van der Waals surface area contributed by atoms with Gasteiger partial charge < -0.3 is 9.80 Å². The molecule has 0 aromatic heterocycles. The van der Waals surface area contributed by atoms with Crippen molar-refractivity contribution in [2.45, 2.75) is 0 Å². The van der Waals surface area contributed by atoms with E-state index in [1.165, 1.54) is 44.8 Å². The highest BCUT2D eigenvalue weighted by Crippen LogP contribution is 2.51. The second kappa shape index (κ2) is 9.66. The zero-order valence-corrected chi connectivity index (χ0v) is 21.8. The molecule has 6 aromatic carbocycles. The molecule has 0 radical (unpaired) electrons. The van der Waals surface area contributed by atoms with E-state index < -0.39 is 0 Å². The maximum Gasteiger partial charge on any atom is 0.0542 e. The van der Waals surface area contributed by atoms with Crippen LogP contribution in [0.2, 0.25) is 0 Å². The van der Waals surface area contributed by atoms with Gasteiger partial charge in [0, 0.05) is 35.2 Å². The second-order valence-electron chi connectivity index (χ2n) is 9.91. The summed E-state index contributed by atoms with van der Waals surface area (Å²) in [4.78, 5) is 4.66. The van der Waals surface area contributed by atoms with Crippen LogP contribution >= 0.6 is 0 Å². The predicted octanol–water partition coefficient (Wildman–Crippen LogP) is 10.2. The highest BCUT2D eigenvalue weighted by atomic mass is 15.2. The van der Waals surface area contributed by atoms with E-state index in [2.05, 4.69) is 169 Å². The van der Waals surface area contributed by atoms with Gasteiger partial charge in [-0.25, -0.2) is 0 Å². The topological polar surface area (TPSA) is 6.48 Å².